The normalized spacial score (nSPS) is 11.2. The first kappa shape index (κ1) is 10.8. The van der Waals surface area contributed by atoms with Crippen LogP contribution < -0.4 is 0 Å². The van der Waals surface area contributed by atoms with Gasteiger partial charge in [-0.2, -0.15) is 9.50 Å². The molecule has 0 bridgehead atoms. The van der Waals surface area contributed by atoms with E-state index >= 15 is 0 Å². The zero-order chi connectivity index (χ0) is 11.7. The van der Waals surface area contributed by atoms with E-state index in [2.05, 4.69) is 15.1 Å². The lowest BCUT2D eigenvalue weighted by Crippen LogP contribution is -2.03. The van der Waals surface area contributed by atoms with Crippen LogP contribution >= 0.6 is 0 Å². The summed E-state index contributed by atoms with van der Waals surface area (Å²) in [4.78, 5) is 8.05. The molecule has 86 valence electrons. The van der Waals surface area contributed by atoms with Crippen molar-refractivity contribution in [1.29, 1.82) is 0 Å². The summed E-state index contributed by atoms with van der Waals surface area (Å²) in [7, 11) is 0. The minimum absolute atomic E-state index is 0.0802. The molecule has 7 nitrogen and oxygen atoms in total. The number of aromatic nitrogens is 4. The van der Waals surface area contributed by atoms with E-state index < -0.39 is 0 Å². The highest BCUT2D eigenvalue weighted by Gasteiger charge is 2.14. The van der Waals surface area contributed by atoms with Gasteiger partial charge in [0, 0.05) is 18.6 Å². The van der Waals surface area contributed by atoms with Crippen LogP contribution in [0.15, 0.2) is 0 Å². The lowest BCUT2D eigenvalue weighted by atomic mass is 10.2. The monoisotopic (exact) mass is 224 g/mol. The number of hydrogen-bond donors (Lipinski definition) is 3. The van der Waals surface area contributed by atoms with Gasteiger partial charge in [-0.1, -0.05) is 0 Å². The zero-order valence-electron chi connectivity index (χ0n) is 8.75. The predicted octanol–water partition coefficient (Wildman–Crippen LogP) is -0.835. The molecule has 16 heavy (non-hydrogen) atoms. The van der Waals surface area contributed by atoms with Crippen molar-refractivity contribution in [2.45, 2.75) is 20.0 Å². The molecule has 0 aromatic carbocycles. The molecule has 0 atom stereocenters. The van der Waals surface area contributed by atoms with Crippen LogP contribution in [0.3, 0.4) is 0 Å². The van der Waals surface area contributed by atoms with Crippen LogP contribution in [-0.2, 0) is 13.0 Å². The topological polar surface area (TPSA) is 104 Å². The van der Waals surface area contributed by atoms with Crippen molar-refractivity contribution in [3.05, 3.63) is 17.1 Å². The maximum absolute atomic E-state index is 9.90. The summed E-state index contributed by atoms with van der Waals surface area (Å²) >= 11 is 0. The van der Waals surface area contributed by atoms with Crippen LogP contribution in [0.25, 0.3) is 5.78 Å². The van der Waals surface area contributed by atoms with Crippen LogP contribution in [-0.4, -0.2) is 41.5 Å². The quantitative estimate of drug-likeness (QED) is 0.628. The second kappa shape index (κ2) is 4.03. The van der Waals surface area contributed by atoms with Gasteiger partial charge in [-0.15, -0.1) is 5.10 Å². The lowest BCUT2D eigenvalue weighted by molar-refractivity contribution is 0.271. The van der Waals surface area contributed by atoms with E-state index in [9.17, 15) is 5.11 Å². The molecule has 0 aliphatic rings. The van der Waals surface area contributed by atoms with Gasteiger partial charge < -0.3 is 15.3 Å². The summed E-state index contributed by atoms with van der Waals surface area (Å²) in [5, 5.41) is 31.5. The molecule has 0 fully saturated rings. The molecule has 0 unspecified atom stereocenters. The van der Waals surface area contributed by atoms with Gasteiger partial charge in [-0.3, -0.25) is 0 Å². The average molecular weight is 224 g/mol. The molecular weight excluding hydrogens is 212 g/mol. The first-order valence-corrected chi connectivity index (χ1v) is 4.83. The number of aliphatic hydroxyl groups is 2. The average Bonchev–Trinajstić information content (AvgIpc) is 2.67. The summed E-state index contributed by atoms with van der Waals surface area (Å²) in [6.07, 6.45) is 0.301. The molecule has 2 aromatic rings. The summed E-state index contributed by atoms with van der Waals surface area (Å²) in [5.41, 5.74) is 1.13. The number of hydrogen-bond acceptors (Lipinski definition) is 6. The maximum atomic E-state index is 9.90. The van der Waals surface area contributed by atoms with Gasteiger partial charge in [0.05, 0.1) is 5.69 Å². The molecule has 0 saturated carbocycles. The van der Waals surface area contributed by atoms with Crippen molar-refractivity contribution in [1.82, 2.24) is 19.6 Å². The fraction of sp³-hybridized carbons (Fsp3) is 0.444. The summed E-state index contributed by atoms with van der Waals surface area (Å²) < 4.78 is 1.16. The molecule has 2 rings (SSSR count). The number of fused-ring (bicyclic) bond motifs is 1. The highest BCUT2D eigenvalue weighted by atomic mass is 16.3. The van der Waals surface area contributed by atoms with E-state index in [4.69, 9.17) is 10.2 Å². The van der Waals surface area contributed by atoms with Gasteiger partial charge in [0.25, 0.3) is 5.78 Å². The van der Waals surface area contributed by atoms with Gasteiger partial charge in [0.15, 0.2) is 5.82 Å². The van der Waals surface area contributed by atoms with Crippen molar-refractivity contribution >= 4 is 5.78 Å². The van der Waals surface area contributed by atoms with E-state index in [0.717, 1.165) is 4.52 Å². The van der Waals surface area contributed by atoms with E-state index in [1.54, 1.807) is 6.92 Å². The molecule has 7 heteroatoms. The molecule has 0 radical (unpaired) electrons. The Labute approximate surface area is 91.0 Å². The molecule has 0 aliphatic carbocycles. The molecule has 0 aliphatic heterocycles. The minimum Gasteiger partial charge on any atom is -0.493 e. The Morgan fingerprint density at radius 3 is 2.62 bits per heavy atom. The molecular formula is C9H12N4O3. The van der Waals surface area contributed by atoms with Crippen LogP contribution in [0.1, 0.15) is 17.1 Å². The first-order chi connectivity index (χ1) is 7.67. The van der Waals surface area contributed by atoms with E-state index in [1.165, 1.54) is 0 Å². The van der Waals surface area contributed by atoms with Gasteiger partial charge in [-0.05, 0) is 6.92 Å². The molecule has 2 aromatic heterocycles. The van der Waals surface area contributed by atoms with Crippen LogP contribution in [0.2, 0.25) is 0 Å². The zero-order valence-corrected chi connectivity index (χ0v) is 8.75. The summed E-state index contributed by atoms with van der Waals surface area (Å²) in [6.45, 7) is 1.33. The molecule has 0 saturated heterocycles. The van der Waals surface area contributed by atoms with Gasteiger partial charge in [-0.25, -0.2) is 4.98 Å². The Hall–Kier alpha value is -1.73. The summed E-state index contributed by atoms with van der Waals surface area (Å²) in [5.74, 6) is 0.341. The van der Waals surface area contributed by atoms with E-state index in [0.29, 0.717) is 17.7 Å². The Bertz CT molecular complexity index is 523. The van der Waals surface area contributed by atoms with Crippen molar-refractivity contribution in [3.8, 4) is 5.88 Å². The molecule has 3 N–H and O–H groups in total. The Kier molecular flexibility index (Phi) is 2.71. The molecule has 2 heterocycles. The third-order valence-electron chi connectivity index (χ3n) is 2.31. The maximum Gasteiger partial charge on any atom is 0.255 e. The number of aryl methyl sites for hydroxylation is 1. The summed E-state index contributed by atoms with van der Waals surface area (Å²) in [6, 6.07) is 0. The van der Waals surface area contributed by atoms with Crippen LogP contribution in [0.4, 0.5) is 0 Å². The van der Waals surface area contributed by atoms with E-state index in [-0.39, 0.29) is 30.7 Å². The standard InChI is InChI=1S/C9H12N4O3/c1-5-6(2-3-14)8(16)13-9(10-5)11-7(4-15)12-13/h14-16H,2-4H2,1H3. The SMILES string of the molecule is Cc1nc2nc(CO)nn2c(O)c1CCO. The Morgan fingerprint density at radius 2 is 2.00 bits per heavy atom. The molecule has 0 amide bonds. The van der Waals surface area contributed by atoms with Crippen LogP contribution in [0.5, 0.6) is 5.88 Å². The highest BCUT2D eigenvalue weighted by Crippen LogP contribution is 2.20. The first-order valence-electron chi connectivity index (χ1n) is 4.83. The smallest absolute Gasteiger partial charge is 0.255 e. The minimum atomic E-state index is -0.308. The van der Waals surface area contributed by atoms with Gasteiger partial charge >= 0.3 is 0 Å². The van der Waals surface area contributed by atoms with Crippen molar-refractivity contribution < 1.29 is 15.3 Å². The number of rotatable bonds is 3. The van der Waals surface area contributed by atoms with E-state index in [1.807, 2.05) is 0 Å². The number of nitrogens with zero attached hydrogens (tertiary/aromatic N) is 4. The third-order valence-corrected chi connectivity index (χ3v) is 2.31. The van der Waals surface area contributed by atoms with Crippen molar-refractivity contribution in [2.75, 3.05) is 6.61 Å². The second-order valence-electron chi connectivity index (χ2n) is 3.37. The van der Waals surface area contributed by atoms with Gasteiger partial charge in [0.1, 0.15) is 6.61 Å². The van der Waals surface area contributed by atoms with Crippen molar-refractivity contribution in [2.24, 2.45) is 0 Å². The number of aromatic hydroxyl groups is 1. The largest absolute Gasteiger partial charge is 0.493 e. The van der Waals surface area contributed by atoms with Crippen molar-refractivity contribution in [3.63, 3.8) is 0 Å². The fourth-order valence-corrected chi connectivity index (χ4v) is 1.54. The fourth-order valence-electron chi connectivity index (χ4n) is 1.54. The highest BCUT2D eigenvalue weighted by molar-refractivity contribution is 5.40. The predicted molar refractivity (Wildman–Crippen MR) is 53.9 cm³/mol. The van der Waals surface area contributed by atoms with Crippen LogP contribution in [0, 0.1) is 6.92 Å². The lowest BCUT2D eigenvalue weighted by Gasteiger charge is -2.06. The second-order valence-corrected chi connectivity index (χ2v) is 3.37. The third kappa shape index (κ3) is 1.59. The van der Waals surface area contributed by atoms with Gasteiger partial charge in [0.2, 0.25) is 5.88 Å². The Balaban J connectivity index is 2.66. The molecule has 0 spiro atoms. The number of aliphatic hydroxyl groups excluding tert-OH is 2. The Morgan fingerprint density at radius 1 is 1.25 bits per heavy atom.